The van der Waals surface area contributed by atoms with Gasteiger partial charge in [-0.3, -0.25) is 0 Å². The van der Waals surface area contributed by atoms with E-state index in [2.05, 4.69) is 27.7 Å². The largest absolute Gasteiger partial charge is 0.383 e. The summed E-state index contributed by atoms with van der Waals surface area (Å²) in [5, 5.41) is 14.4. The van der Waals surface area contributed by atoms with Gasteiger partial charge in [0.1, 0.15) is 11.4 Å². The molecule has 0 aliphatic heterocycles. The van der Waals surface area contributed by atoms with Crippen LogP contribution in [0, 0.1) is 0 Å². The fourth-order valence-corrected chi connectivity index (χ4v) is 1.78. The van der Waals surface area contributed by atoms with Gasteiger partial charge in [-0.1, -0.05) is 30.3 Å². The van der Waals surface area contributed by atoms with E-state index < -0.39 is 0 Å². The van der Waals surface area contributed by atoms with Gasteiger partial charge in [0.05, 0.1) is 6.61 Å². The Morgan fingerprint density at radius 1 is 1.28 bits per heavy atom. The average molecular weight is 246 g/mol. The summed E-state index contributed by atoms with van der Waals surface area (Å²) >= 11 is 0. The highest BCUT2D eigenvalue weighted by atomic mass is 16.5. The quantitative estimate of drug-likeness (QED) is 0.812. The van der Waals surface area contributed by atoms with Gasteiger partial charge in [-0.15, -0.1) is 0 Å². The lowest BCUT2D eigenvalue weighted by Gasteiger charge is -2.11. The summed E-state index contributed by atoms with van der Waals surface area (Å²) in [6, 6.07) is 10.3. The van der Waals surface area contributed by atoms with Crippen LogP contribution in [0.3, 0.4) is 0 Å². The van der Waals surface area contributed by atoms with Crippen molar-refractivity contribution >= 4 is 0 Å². The first kappa shape index (κ1) is 12.7. The van der Waals surface area contributed by atoms with Crippen molar-refractivity contribution in [2.24, 2.45) is 0 Å². The van der Waals surface area contributed by atoms with Crippen LogP contribution in [0.2, 0.25) is 0 Å². The van der Waals surface area contributed by atoms with Crippen LogP contribution in [0.15, 0.2) is 30.3 Å². The molecule has 1 heterocycles. The predicted molar refractivity (Wildman–Crippen MR) is 70.0 cm³/mol. The molecular formula is C13H18N4O. The molecule has 0 radical (unpaired) electrons. The first-order chi connectivity index (χ1) is 8.81. The molecule has 0 fully saturated rings. The molecule has 0 amide bonds. The lowest BCUT2D eigenvalue weighted by Crippen LogP contribution is -2.29. The molecule has 18 heavy (non-hydrogen) atoms. The predicted octanol–water partition coefficient (Wildman–Crippen LogP) is 1.60. The van der Waals surface area contributed by atoms with E-state index in [0.717, 1.165) is 17.0 Å². The van der Waals surface area contributed by atoms with E-state index in [9.17, 15) is 0 Å². The first-order valence-electron chi connectivity index (χ1n) is 5.98. The van der Waals surface area contributed by atoms with Gasteiger partial charge in [0.25, 0.3) is 0 Å². The SMILES string of the molecule is COCC(C)NCc1n[nH]nc1-c1ccccc1. The number of hydrogen-bond acceptors (Lipinski definition) is 4. The Morgan fingerprint density at radius 2 is 2.06 bits per heavy atom. The molecule has 1 aromatic heterocycles. The zero-order valence-corrected chi connectivity index (χ0v) is 10.7. The third-order valence-electron chi connectivity index (χ3n) is 2.70. The maximum Gasteiger partial charge on any atom is 0.117 e. The Labute approximate surface area is 107 Å². The normalized spacial score (nSPS) is 12.6. The number of aromatic amines is 1. The average Bonchev–Trinajstić information content (AvgIpc) is 2.86. The molecule has 0 spiro atoms. The summed E-state index contributed by atoms with van der Waals surface area (Å²) in [4.78, 5) is 0. The van der Waals surface area contributed by atoms with Gasteiger partial charge in [0.2, 0.25) is 0 Å². The van der Waals surface area contributed by atoms with Gasteiger partial charge in [0, 0.05) is 25.3 Å². The molecule has 96 valence electrons. The first-order valence-corrected chi connectivity index (χ1v) is 5.98. The highest BCUT2D eigenvalue weighted by Gasteiger charge is 2.10. The van der Waals surface area contributed by atoms with Crippen LogP contribution < -0.4 is 5.32 Å². The Morgan fingerprint density at radius 3 is 2.78 bits per heavy atom. The molecule has 2 rings (SSSR count). The number of ether oxygens (including phenoxy) is 1. The van der Waals surface area contributed by atoms with E-state index in [-0.39, 0.29) is 6.04 Å². The molecule has 0 aliphatic carbocycles. The van der Waals surface area contributed by atoms with E-state index in [1.807, 2.05) is 30.3 Å². The van der Waals surface area contributed by atoms with Gasteiger partial charge in [-0.05, 0) is 6.92 Å². The van der Waals surface area contributed by atoms with E-state index in [0.29, 0.717) is 13.2 Å². The maximum absolute atomic E-state index is 5.08. The van der Waals surface area contributed by atoms with Crippen molar-refractivity contribution in [1.29, 1.82) is 0 Å². The molecule has 1 aromatic carbocycles. The molecule has 2 N–H and O–H groups in total. The summed E-state index contributed by atoms with van der Waals surface area (Å²) < 4.78 is 5.08. The fourth-order valence-electron chi connectivity index (χ4n) is 1.78. The molecule has 1 unspecified atom stereocenters. The van der Waals surface area contributed by atoms with Crippen molar-refractivity contribution in [3.05, 3.63) is 36.0 Å². The van der Waals surface area contributed by atoms with E-state index in [1.54, 1.807) is 7.11 Å². The molecule has 5 heteroatoms. The second-order valence-electron chi connectivity index (χ2n) is 4.22. The Balaban J connectivity index is 2.05. The summed E-state index contributed by atoms with van der Waals surface area (Å²) in [6.45, 7) is 3.43. The van der Waals surface area contributed by atoms with Crippen molar-refractivity contribution in [2.75, 3.05) is 13.7 Å². The van der Waals surface area contributed by atoms with Crippen LogP contribution in [-0.4, -0.2) is 35.2 Å². The van der Waals surface area contributed by atoms with Crippen LogP contribution in [-0.2, 0) is 11.3 Å². The minimum absolute atomic E-state index is 0.287. The van der Waals surface area contributed by atoms with Crippen molar-refractivity contribution in [2.45, 2.75) is 19.5 Å². The highest BCUT2D eigenvalue weighted by Crippen LogP contribution is 2.18. The van der Waals surface area contributed by atoms with Crippen molar-refractivity contribution in [3.63, 3.8) is 0 Å². The maximum atomic E-state index is 5.08. The zero-order chi connectivity index (χ0) is 12.8. The third kappa shape index (κ3) is 3.15. The van der Waals surface area contributed by atoms with Gasteiger partial charge >= 0.3 is 0 Å². The van der Waals surface area contributed by atoms with E-state index in [4.69, 9.17) is 4.74 Å². The minimum atomic E-state index is 0.287. The Hall–Kier alpha value is -1.72. The molecule has 1 atom stereocenters. The van der Waals surface area contributed by atoms with Crippen molar-refractivity contribution < 1.29 is 4.74 Å². The second-order valence-corrected chi connectivity index (χ2v) is 4.22. The monoisotopic (exact) mass is 246 g/mol. The summed E-state index contributed by atoms with van der Waals surface area (Å²) in [5.74, 6) is 0. The smallest absolute Gasteiger partial charge is 0.117 e. The zero-order valence-electron chi connectivity index (χ0n) is 10.7. The second kappa shape index (κ2) is 6.28. The lowest BCUT2D eigenvalue weighted by atomic mass is 10.1. The number of H-pyrrole nitrogens is 1. The number of nitrogens with one attached hydrogen (secondary N) is 2. The van der Waals surface area contributed by atoms with Crippen LogP contribution in [0.5, 0.6) is 0 Å². The number of methoxy groups -OCH3 is 1. The van der Waals surface area contributed by atoms with Gasteiger partial charge < -0.3 is 10.1 Å². The fraction of sp³-hybridized carbons (Fsp3) is 0.385. The summed E-state index contributed by atoms with van der Waals surface area (Å²) in [5.41, 5.74) is 2.89. The number of aromatic nitrogens is 3. The molecule has 0 saturated carbocycles. The molecule has 2 aromatic rings. The van der Waals surface area contributed by atoms with Crippen LogP contribution in [0.1, 0.15) is 12.6 Å². The van der Waals surface area contributed by atoms with Gasteiger partial charge in [-0.25, -0.2) is 0 Å². The van der Waals surface area contributed by atoms with Gasteiger partial charge in [-0.2, -0.15) is 15.4 Å². The topological polar surface area (TPSA) is 62.8 Å². The third-order valence-corrected chi connectivity index (χ3v) is 2.70. The standard InChI is InChI=1S/C13H18N4O/c1-10(9-18-2)14-8-12-13(16-17-15-12)11-6-4-3-5-7-11/h3-7,10,14H,8-9H2,1-2H3,(H,15,16,17). The van der Waals surface area contributed by atoms with Gasteiger partial charge in [0.15, 0.2) is 0 Å². The number of nitrogens with zero attached hydrogens (tertiary/aromatic N) is 2. The number of hydrogen-bond donors (Lipinski definition) is 2. The lowest BCUT2D eigenvalue weighted by molar-refractivity contribution is 0.171. The van der Waals surface area contributed by atoms with Crippen molar-refractivity contribution in [1.82, 2.24) is 20.7 Å². The number of rotatable bonds is 6. The van der Waals surface area contributed by atoms with E-state index in [1.165, 1.54) is 0 Å². The molecule has 0 saturated heterocycles. The van der Waals surface area contributed by atoms with Crippen LogP contribution in [0.25, 0.3) is 11.3 Å². The molecular weight excluding hydrogens is 228 g/mol. The minimum Gasteiger partial charge on any atom is -0.383 e. The Bertz CT molecular complexity index is 469. The number of benzene rings is 1. The molecule has 0 bridgehead atoms. The van der Waals surface area contributed by atoms with Crippen LogP contribution in [0.4, 0.5) is 0 Å². The van der Waals surface area contributed by atoms with Crippen LogP contribution >= 0.6 is 0 Å². The molecule has 0 aliphatic rings. The molecule has 5 nitrogen and oxygen atoms in total. The Kier molecular flexibility index (Phi) is 4.44. The summed E-state index contributed by atoms with van der Waals surface area (Å²) in [6.07, 6.45) is 0. The highest BCUT2D eigenvalue weighted by molar-refractivity contribution is 5.60. The van der Waals surface area contributed by atoms with Crippen molar-refractivity contribution in [3.8, 4) is 11.3 Å². The summed E-state index contributed by atoms with van der Waals surface area (Å²) in [7, 11) is 1.70. The van der Waals surface area contributed by atoms with E-state index >= 15 is 0 Å².